The molecule has 5 heteroatoms. The number of piperazine rings is 1. The van der Waals surface area contributed by atoms with Gasteiger partial charge in [-0.25, -0.2) is 0 Å². The lowest BCUT2D eigenvalue weighted by Gasteiger charge is -2.34. The predicted octanol–water partition coefficient (Wildman–Crippen LogP) is 3.05. The summed E-state index contributed by atoms with van der Waals surface area (Å²) in [5.41, 5.74) is 2.19. The molecule has 0 spiro atoms. The molecule has 1 aliphatic rings. The maximum absolute atomic E-state index is 4.45. The van der Waals surface area contributed by atoms with Crippen molar-refractivity contribution in [1.82, 2.24) is 14.8 Å². The molecule has 2 heterocycles. The third kappa shape index (κ3) is 3.77. The Labute approximate surface area is 140 Å². The Morgan fingerprint density at radius 3 is 2.77 bits per heavy atom. The van der Waals surface area contributed by atoms with Gasteiger partial charge in [-0.05, 0) is 38.2 Å². The summed E-state index contributed by atoms with van der Waals surface area (Å²) in [6.07, 6.45) is 1.87. The van der Waals surface area contributed by atoms with E-state index in [1.54, 1.807) is 0 Å². The van der Waals surface area contributed by atoms with Gasteiger partial charge in [0, 0.05) is 60.5 Å². The van der Waals surface area contributed by atoms with E-state index in [9.17, 15) is 0 Å². The first-order valence-corrected chi connectivity index (χ1v) is 8.63. The quantitative estimate of drug-likeness (QED) is 0.905. The van der Waals surface area contributed by atoms with Gasteiger partial charge in [-0.2, -0.15) is 0 Å². The van der Waals surface area contributed by atoms with Crippen molar-refractivity contribution >= 4 is 32.5 Å². The number of aromatic nitrogens is 1. The fraction of sp³-hybridized carbons (Fsp3) is 0.471. The number of pyridine rings is 1. The summed E-state index contributed by atoms with van der Waals surface area (Å²) in [6.45, 7) is 7.98. The lowest BCUT2D eigenvalue weighted by Crippen LogP contribution is -2.47. The Bertz CT molecular complexity index is 638. The second-order valence-corrected chi connectivity index (χ2v) is 7.08. The molecule has 3 rings (SSSR count). The van der Waals surface area contributed by atoms with E-state index in [2.05, 4.69) is 74.3 Å². The third-order valence-corrected chi connectivity index (χ3v) is 4.73. The highest BCUT2D eigenvalue weighted by molar-refractivity contribution is 9.10. The zero-order valence-electron chi connectivity index (χ0n) is 13.2. The van der Waals surface area contributed by atoms with Gasteiger partial charge >= 0.3 is 0 Å². The van der Waals surface area contributed by atoms with Crippen molar-refractivity contribution in [3.8, 4) is 0 Å². The molecule has 1 N–H and O–H groups in total. The molecule has 2 aromatic rings. The minimum atomic E-state index is 0.414. The fourth-order valence-electron chi connectivity index (χ4n) is 2.98. The van der Waals surface area contributed by atoms with Crippen LogP contribution in [0.4, 0.5) is 5.69 Å². The number of fused-ring (bicyclic) bond motifs is 1. The average molecular weight is 363 g/mol. The molecule has 1 aromatic carbocycles. The molecular weight excluding hydrogens is 340 g/mol. The first-order chi connectivity index (χ1) is 10.6. The highest BCUT2D eigenvalue weighted by Gasteiger charge is 2.16. The van der Waals surface area contributed by atoms with Crippen molar-refractivity contribution < 1.29 is 0 Å². The summed E-state index contributed by atoms with van der Waals surface area (Å²) in [4.78, 5) is 9.38. The van der Waals surface area contributed by atoms with E-state index in [0.29, 0.717) is 6.04 Å². The van der Waals surface area contributed by atoms with Gasteiger partial charge in [0.2, 0.25) is 0 Å². The predicted molar refractivity (Wildman–Crippen MR) is 96.5 cm³/mol. The molecule has 0 aliphatic carbocycles. The highest BCUT2D eigenvalue weighted by atomic mass is 79.9. The minimum absolute atomic E-state index is 0.414. The molecule has 0 amide bonds. The van der Waals surface area contributed by atoms with Gasteiger partial charge in [0.15, 0.2) is 0 Å². The van der Waals surface area contributed by atoms with E-state index in [4.69, 9.17) is 0 Å². The molecule has 0 bridgehead atoms. The molecule has 1 aliphatic heterocycles. The van der Waals surface area contributed by atoms with Gasteiger partial charge < -0.3 is 10.2 Å². The molecule has 4 nitrogen and oxygen atoms in total. The smallest absolute Gasteiger partial charge is 0.0733 e. The Kier molecular flexibility index (Phi) is 4.96. The zero-order valence-corrected chi connectivity index (χ0v) is 14.8. The number of benzene rings is 1. The fourth-order valence-corrected chi connectivity index (χ4v) is 3.32. The maximum Gasteiger partial charge on any atom is 0.0733 e. The Hall–Kier alpha value is -1.17. The van der Waals surface area contributed by atoms with Crippen molar-refractivity contribution in [3.05, 3.63) is 34.9 Å². The average Bonchev–Trinajstić information content (AvgIpc) is 2.49. The Balaban J connectivity index is 1.67. The first kappa shape index (κ1) is 15.7. The monoisotopic (exact) mass is 362 g/mol. The van der Waals surface area contributed by atoms with Gasteiger partial charge in [-0.1, -0.05) is 15.9 Å². The number of likely N-dealkylation sites (N-methyl/N-ethyl adjacent to an activating group) is 1. The molecule has 118 valence electrons. The van der Waals surface area contributed by atoms with Gasteiger partial charge in [0.25, 0.3) is 0 Å². The second-order valence-electron chi connectivity index (χ2n) is 6.17. The molecule has 0 radical (unpaired) electrons. The summed E-state index contributed by atoms with van der Waals surface area (Å²) in [5.74, 6) is 0. The minimum Gasteiger partial charge on any atom is -0.381 e. The summed E-state index contributed by atoms with van der Waals surface area (Å²) in [6, 6.07) is 8.73. The zero-order chi connectivity index (χ0) is 15.5. The third-order valence-electron chi connectivity index (χ3n) is 4.23. The van der Waals surface area contributed by atoms with Crippen molar-refractivity contribution in [2.24, 2.45) is 0 Å². The van der Waals surface area contributed by atoms with Gasteiger partial charge in [-0.15, -0.1) is 0 Å². The van der Waals surface area contributed by atoms with Crippen LogP contribution in [0.1, 0.15) is 6.92 Å². The van der Waals surface area contributed by atoms with Crippen LogP contribution in [0.25, 0.3) is 10.9 Å². The van der Waals surface area contributed by atoms with Crippen molar-refractivity contribution in [2.45, 2.75) is 13.0 Å². The number of hydrogen-bond donors (Lipinski definition) is 1. The van der Waals surface area contributed by atoms with Crippen LogP contribution in [0.5, 0.6) is 0 Å². The number of nitrogens with one attached hydrogen (secondary N) is 1. The molecule has 1 aromatic heterocycles. The van der Waals surface area contributed by atoms with Crippen LogP contribution in [-0.2, 0) is 0 Å². The lowest BCUT2D eigenvalue weighted by molar-refractivity contribution is 0.151. The van der Waals surface area contributed by atoms with Crippen LogP contribution >= 0.6 is 15.9 Å². The molecule has 1 unspecified atom stereocenters. The van der Waals surface area contributed by atoms with Crippen molar-refractivity contribution in [1.29, 1.82) is 0 Å². The molecule has 1 saturated heterocycles. The second kappa shape index (κ2) is 6.94. The molecular formula is C17H23BrN4. The standard InChI is InChI=1S/C17H23BrN4/c1-13(12-22-9-7-21(2)8-10-22)20-16-5-6-19-17-11-14(18)3-4-15(16)17/h3-6,11,13H,7-10,12H2,1-2H3,(H,19,20). The van der Waals surface area contributed by atoms with Crippen LogP contribution in [-0.4, -0.2) is 60.6 Å². The molecule has 0 saturated carbocycles. The lowest BCUT2D eigenvalue weighted by atomic mass is 10.1. The van der Waals surface area contributed by atoms with Gasteiger partial charge in [-0.3, -0.25) is 9.88 Å². The number of anilines is 1. The summed E-state index contributed by atoms with van der Waals surface area (Å²) < 4.78 is 1.06. The Morgan fingerprint density at radius 2 is 2.00 bits per heavy atom. The van der Waals surface area contributed by atoms with Crippen molar-refractivity contribution in [2.75, 3.05) is 45.1 Å². The van der Waals surface area contributed by atoms with E-state index < -0.39 is 0 Å². The van der Waals surface area contributed by atoms with Gasteiger partial charge in [0.1, 0.15) is 0 Å². The van der Waals surface area contributed by atoms with Crippen LogP contribution in [0, 0.1) is 0 Å². The first-order valence-electron chi connectivity index (χ1n) is 7.83. The highest BCUT2D eigenvalue weighted by Crippen LogP contribution is 2.25. The Morgan fingerprint density at radius 1 is 1.23 bits per heavy atom. The topological polar surface area (TPSA) is 31.4 Å². The van der Waals surface area contributed by atoms with Crippen LogP contribution < -0.4 is 5.32 Å². The summed E-state index contributed by atoms with van der Waals surface area (Å²) >= 11 is 3.51. The molecule has 1 atom stereocenters. The van der Waals surface area contributed by atoms with Gasteiger partial charge in [0.05, 0.1) is 5.52 Å². The number of nitrogens with zero attached hydrogens (tertiary/aromatic N) is 3. The van der Waals surface area contributed by atoms with Crippen LogP contribution in [0.2, 0.25) is 0 Å². The van der Waals surface area contributed by atoms with E-state index in [-0.39, 0.29) is 0 Å². The SMILES string of the molecule is CC(CN1CCN(C)CC1)Nc1ccnc2cc(Br)ccc12. The molecule has 1 fully saturated rings. The van der Waals surface area contributed by atoms with E-state index in [1.165, 1.54) is 24.2 Å². The van der Waals surface area contributed by atoms with Crippen LogP contribution in [0.3, 0.4) is 0 Å². The molecule has 22 heavy (non-hydrogen) atoms. The number of halogens is 1. The van der Waals surface area contributed by atoms with E-state index in [0.717, 1.165) is 29.6 Å². The maximum atomic E-state index is 4.45. The summed E-state index contributed by atoms with van der Waals surface area (Å²) in [7, 11) is 2.19. The van der Waals surface area contributed by atoms with Crippen molar-refractivity contribution in [3.63, 3.8) is 0 Å². The van der Waals surface area contributed by atoms with E-state index >= 15 is 0 Å². The normalized spacial score (nSPS) is 18.5. The number of hydrogen-bond acceptors (Lipinski definition) is 4. The summed E-state index contributed by atoms with van der Waals surface area (Å²) in [5, 5.41) is 4.83. The number of rotatable bonds is 4. The van der Waals surface area contributed by atoms with E-state index in [1.807, 2.05) is 6.20 Å². The van der Waals surface area contributed by atoms with Crippen LogP contribution in [0.15, 0.2) is 34.9 Å². The largest absolute Gasteiger partial charge is 0.381 e.